The first-order valence-corrected chi connectivity index (χ1v) is 4.06. The number of aromatic nitrogens is 2. The van der Waals surface area contributed by atoms with Crippen LogP contribution in [0.3, 0.4) is 0 Å². The van der Waals surface area contributed by atoms with Gasteiger partial charge in [-0.2, -0.15) is 10.2 Å². The van der Waals surface area contributed by atoms with Crippen LogP contribution in [0.15, 0.2) is 23.3 Å². The zero-order valence-electron chi connectivity index (χ0n) is 6.66. The van der Waals surface area contributed by atoms with Gasteiger partial charge in [0.1, 0.15) is 5.15 Å². The predicted octanol–water partition coefficient (Wildman–Crippen LogP) is 1.51. The van der Waals surface area contributed by atoms with Gasteiger partial charge in [0, 0.05) is 5.39 Å². The molecule has 0 amide bonds. The molecule has 3 N–H and O–H groups in total. The SMILES string of the molecule is NN=Cc1ccc2n[nH]c(Cl)c2c1. The quantitative estimate of drug-likeness (QED) is 0.411. The number of nitrogens with two attached hydrogens (primary N) is 1. The van der Waals surface area contributed by atoms with E-state index in [1.807, 2.05) is 18.2 Å². The molecule has 0 radical (unpaired) electrons. The summed E-state index contributed by atoms with van der Waals surface area (Å²) in [6.45, 7) is 0. The third-order valence-corrected chi connectivity index (χ3v) is 2.04. The smallest absolute Gasteiger partial charge is 0.132 e. The van der Waals surface area contributed by atoms with Crippen molar-refractivity contribution in [3.05, 3.63) is 28.9 Å². The van der Waals surface area contributed by atoms with Crippen LogP contribution in [0.25, 0.3) is 10.9 Å². The summed E-state index contributed by atoms with van der Waals surface area (Å²) >= 11 is 5.85. The highest BCUT2D eigenvalue weighted by molar-refractivity contribution is 6.34. The van der Waals surface area contributed by atoms with Crippen molar-refractivity contribution in [1.82, 2.24) is 10.2 Å². The van der Waals surface area contributed by atoms with Gasteiger partial charge in [-0.15, -0.1) is 0 Å². The summed E-state index contributed by atoms with van der Waals surface area (Å²) in [5, 5.41) is 11.5. The third-order valence-electron chi connectivity index (χ3n) is 1.76. The molecule has 0 bridgehead atoms. The summed E-state index contributed by atoms with van der Waals surface area (Å²) in [6, 6.07) is 5.60. The van der Waals surface area contributed by atoms with E-state index in [4.69, 9.17) is 17.4 Å². The molecule has 0 aliphatic rings. The summed E-state index contributed by atoms with van der Waals surface area (Å²) in [5.74, 6) is 5.03. The lowest BCUT2D eigenvalue weighted by molar-refractivity contribution is 1.12. The molecule has 0 aliphatic heterocycles. The molecule has 0 fully saturated rings. The molecule has 0 atom stereocenters. The molecule has 1 aromatic carbocycles. The molecule has 0 unspecified atom stereocenters. The van der Waals surface area contributed by atoms with Crippen molar-refractivity contribution in [1.29, 1.82) is 0 Å². The van der Waals surface area contributed by atoms with Crippen molar-refractivity contribution >= 4 is 28.7 Å². The van der Waals surface area contributed by atoms with E-state index >= 15 is 0 Å². The number of aromatic amines is 1. The molecule has 0 saturated heterocycles. The standard InChI is InChI=1S/C8H7ClN4/c9-8-6-3-5(4-11-10)1-2-7(6)12-13-8/h1-4H,10H2,(H,12,13). The number of benzene rings is 1. The van der Waals surface area contributed by atoms with Crippen molar-refractivity contribution < 1.29 is 0 Å². The highest BCUT2D eigenvalue weighted by atomic mass is 35.5. The van der Waals surface area contributed by atoms with Gasteiger partial charge >= 0.3 is 0 Å². The topological polar surface area (TPSA) is 67.1 Å². The number of fused-ring (bicyclic) bond motifs is 1. The number of hydrogen-bond acceptors (Lipinski definition) is 3. The monoisotopic (exact) mass is 194 g/mol. The van der Waals surface area contributed by atoms with E-state index in [2.05, 4.69) is 15.3 Å². The lowest BCUT2D eigenvalue weighted by Gasteiger charge is -1.91. The number of nitrogens with one attached hydrogen (secondary N) is 1. The number of nitrogens with zero attached hydrogens (tertiary/aromatic N) is 2. The molecule has 1 aromatic heterocycles. The first-order chi connectivity index (χ1) is 6.31. The Balaban J connectivity index is 2.65. The van der Waals surface area contributed by atoms with Gasteiger partial charge in [-0.05, 0) is 17.7 Å². The maximum absolute atomic E-state index is 5.85. The summed E-state index contributed by atoms with van der Waals surface area (Å²) in [6.07, 6.45) is 1.56. The number of rotatable bonds is 1. The van der Waals surface area contributed by atoms with E-state index in [1.165, 1.54) is 0 Å². The van der Waals surface area contributed by atoms with Gasteiger partial charge in [0.2, 0.25) is 0 Å². The van der Waals surface area contributed by atoms with E-state index in [1.54, 1.807) is 6.21 Å². The van der Waals surface area contributed by atoms with Crippen LogP contribution in [0.5, 0.6) is 0 Å². The van der Waals surface area contributed by atoms with Crippen molar-refractivity contribution in [3.63, 3.8) is 0 Å². The zero-order chi connectivity index (χ0) is 9.26. The minimum atomic E-state index is 0.530. The first kappa shape index (κ1) is 8.07. The zero-order valence-corrected chi connectivity index (χ0v) is 7.42. The first-order valence-electron chi connectivity index (χ1n) is 3.68. The van der Waals surface area contributed by atoms with Gasteiger partial charge in [0.05, 0.1) is 11.7 Å². The van der Waals surface area contributed by atoms with Crippen LogP contribution in [0.2, 0.25) is 5.15 Å². The van der Waals surface area contributed by atoms with Gasteiger partial charge in [-0.3, -0.25) is 5.10 Å². The normalized spacial score (nSPS) is 11.5. The van der Waals surface area contributed by atoms with E-state index in [0.29, 0.717) is 5.15 Å². The fourth-order valence-corrected chi connectivity index (χ4v) is 1.36. The Kier molecular flexibility index (Phi) is 1.90. The number of halogens is 1. The second-order valence-corrected chi connectivity index (χ2v) is 2.97. The van der Waals surface area contributed by atoms with E-state index in [0.717, 1.165) is 16.5 Å². The average Bonchev–Trinajstić information content (AvgIpc) is 2.49. The Morgan fingerprint density at radius 3 is 3.15 bits per heavy atom. The fourth-order valence-electron chi connectivity index (χ4n) is 1.16. The molecule has 1 heterocycles. The predicted molar refractivity (Wildman–Crippen MR) is 52.9 cm³/mol. The van der Waals surface area contributed by atoms with Crippen molar-refractivity contribution in [2.24, 2.45) is 10.9 Å². The summed E-state index contributed by atoms with van der Waals surface area (Å²) in [4.78, 5) is 0. The molecule has 0 spiro atoms. The fraction of sp³-hybridized carbons (Fsp3) is 0. The van der Waals surface area contributed by atoms with Crippen LogP contribution in [-0.2, 0) is 0 Å². The minimum absolute atomic E-state index is 0.530. The second-order valence-electron chi connectivity index (χ2n) is 2.59. The molecule has 0 aliphatic carbocycles. The van der Waals surface area contributed by atoms with Crippen molar-refractivity contribution in [2.75, 3.05) is 0 Å². The third kappa shape index (κ3) is 1.36. The Bertz CT molecular complexity index is 460. The molecule has 5 heteroatoms. The number of H-pyrrole nitrogens is 1. The highest BCUT2D eigenvalue weighted by Gasteiger charge is 2.02. The maximum atomic E-state index is 5.85. The summed E-state index contributed by atoms with van der Waals surface area (Å²) < 4.78 is 0. The lowest BCUT2D eigenvalue weighted by Crippen LogP contribution is -1.85. The Hall–Kier alpha value is -1.55. The molecule has 0 saturated carbocycles. The minimum Gasteiger partial charge on any atom is -0.323 e. The lowest BCUT2D eigenvalue weighted by atomic mass is 10.2. The van der Waals surface area contributed by atoms with Crippen molar-refractivity contribution in [2.45, 2.75) is 0 Å². The summed E-state index contributed by atoms with van der Waals surface area (Å²) in [7, 11) is 0. The van der Waals surface area contributed by atoms with E-state index in [9.17, 15) is 0 Å². The van der Waals surface area contributed by atoms with Crippen LogP contribution < -0.4 is 5.84 Å². The Morgan fingerprint density at radius 2 is 2.38 bits per heavy atom. The highest BCUT2D eigenvalue weighted by Crippen LogP contribution is 2.20. The Labute approximate surface area is 79.4 Å². The van der Waals surface area contributed by atoms with Crippen LogP contribution in [0.4, 0.5) is 0 Å². The van der Waals surface area contributed by atoms with Gasteiger partial charge < -0.3 is 5.84 Å². The molecule has 4 nitrogen and oxygen atoms in total. The van der Waals surface area contributed by atoms with E-state index < -0.39 is 0 Å². The van der Waals surface area contributed by atoms with Crippen LogP contribution in [0, 0.1) is 0 Å². The average molecular weight is 195 g/mol. The van der Waals surface area contributed by atoms with Crippen LogP contribution in [0.1, 0.15) is 5.56 Å². The largest absolute Gasteiger partial charge is 0.323 e. The van der Waals surface area contributed by atoms with Gasteiger partial charge in [-0.1, -0.05) is 17.7 Å². The van der Waals surface area contributed by atoms with Crippen molar-refractivity contribution in [3.8, 4) is 0 Å². The second kappa shape index (κ2) is 3.06. The number of hydrogen-bond donors (Lipinski definition) is 2. The molecule has 2 rings (SSSR count). The molecular weight excluding hydrogens is 188 g/mol. The van der Waals surface area contributed by atoms with Crippen LogP contribution in [-0.4, -0.2) is 16.4 Å². The summed E-state index contributed by atoms with van der Waals surface area (Å²) in [5.41, 5.74) is 1.73. The number of hydrazone groups is 1. The maximum Gasteiger partial charge on any atom is 0.132 e. The van der Waals surface area contributed by atoms with Crippen LogP contribution >= 0.6 is 11.6 Å². The molecule has 13 heavy (non-hydrogen) atoms. The van der Waals surface area contributed by atoms with E-state index in [-0.39, 0.29) is 0 Å². The molecular formula is C8H7ClN4. The van der Waals surface area contributed by atoms with Gasteiger partial charge in [0.15, 0.2) is 0 Å². The van der Waals surface area contributed by atoms with Gasteiger partial charge in [-0.25, -0.2) is 0 Å². The molecule has 66 valence electrons. The Morgan fingerprint density at radius 1 is 1.54 bits per heavy atom. The van der Waals surface area contributed by atoms with Gasteiger partial charge in [0.25, 0.3) is 0 Å². The molecule has 2 aromatic rings.